The fraction of sp³-hybridized carbons (Fsp3) is 0.300. The summed E-state index contributed by atoms with van der Waals surface area (Å²) in [6, 6.07) is 1.41. The highest BCUT2D eigenvalue weighted by atomic mass is 16.5. The number of carboxylic acids is 1. The number of hydrogen-bond donors (Lipinski definition) is 2. The first-order valence-electron chi connectivity index (χ1n) is 4.68. The van der Waals surface area contributed by atoms with Crippen molar-refractivity contribution in [1.29, 1.82) is 0 Å². The maximum atomic E-state index is 11.1. The van der Waals surface area contributed by atoms with Gasteiger partial charge in [-0.15, -0.1) is 0 Å². The number of anilines is 1. The quantitative estimate of drug-likeness (QED) is 0.720. The van der Waals surface area contributed by atoms with Crippen LogP contribution in [0.15, 0.2) is 12.3 Å². The number of carbonyl (C=O) groups is 2. The van der Waals surface area contributed by atoms with Gasteiger partial charge in [-0.05, 0) is 18.6 Å². The Labute approximate surface area is 92.0 Å². The second kappa shape index (κ2) is 5.11. The fourth-order valence-electron chi connectivity index (χ4n) is 1.18. The highest BCUT2D eigenvalue weighted by Gasteiger charge is 2.11. The maximum absolute atomic E-state index is 11.1. The van der Waals surface area contributed by atoms with Crippen LogP contribution >= 0.6 is 0 Å². The highest BCUT2D eigenvalue weighted by molar-refractivity contribution is 5.91. The normalized spacial score (nSPS) is 9.81. The molecule has 1 heterocycles. The monoisotopic (exact) mass is 224 g/mol. The molecule has 0 bridgehead atoms. The lowest BCUT2D eigenvalue weighted by molar-refractivity contribution is -0.142. The van der Waals surface area contributed by atoms with Crippen LogP contribution in [0, 0.1) is 0 Å². The van der Waals surface area contributed by atoms with Crippen LogP contribution in [0.3, 0.4) is 0 Å². The number of aromatic carboxylic acids is 1. The van der Waals surface area contributed by atoms with Crippen molar-refractivity contribution >= 4 is 17.6 Å². The van der Waals surface area contributed by atoms with E-state index in [0.717, 1.165) is 0 Å². The van der Waals surface area contributed by atoms with Crippen molar-refractivity contribution in [3.8, 4) is 0 Å². The molecule has 1 aromatic rings. The molecule has 6 nitrogen and oxygen atoms in total. The molecule has 0 spiro atoms. The fourth-order valence-corrected chi connectivity index (χ4v) is 1.18. The van der Waals surface area contributed by atoms with Crippen LogP contribution in [0.1, 0.15) is 23.0 Å². The van der Waals surface area contributed by atoms with Crippen LogP contribution in [0.2, 0.25) is 0 Å². The van der Waals surface area contributed by atoms with Crippen LogP contribution in [0.5, 0.6) is 0 Å². The molecule has 16 heavy (non-hydrogen) atoms. The molecule has 0 atom stereocenters. The molecule has 86 valence electrons. The van der Waals surface area contributed by atoms with E-state index >= 15 is 0 Å². The lowest BCUT2D eigenvalue weighted by atomic mass is 10.1. The van der Waals surface area contributed by atoms with Gasteiger partial charge >= 0.3 is 11.9 Å². The Balaban J connectivity index is 2.81. The summed E-state index contributed by atoms with van der Waals surface area (Å²) in [6.07, 6.45) is 1.33. The molecule has 3 N–H and O–H groups in total. The number of hydrogen-bond acceptors (Lipinski definition) is 5. The van der Waals surface area contributed by atoms with Crippen LogP contribution in [-0.4, -0.2) is 28.6 Å². The molecule has 6 heteroatoms. The van der Waals surface area contributed by atoms with Gasteiger partial charge in [0.1, 0.15) is 0 Å². The molecule has 0 aliphatic rings. The summed E-state index contributed by atoms with van der Waals surface area (Å²) in [5.74, 6) is -1.59. The van der Waals surface area contributed by atoms with Crippen molar-refractivity contribution < 1.29 is 19.4 Å². The summed E-state index contributed by atoms with van der Waals surface area (Å²) in [7, 11) is 0. The zero-order valence-corrected chi connectivity index (χ0v) is 8.77. The zero-order chi connectivity index (χ0) is 12.1. The Kier molecular flexibility index (Phi) is 3.82. The van der Waals surface area contributed by atoms with Crippen LogP contribution in [-0.2, 0) is 16.0 Å². The number of aromatic nitrogens is 1. The van der Waals surface area contributed by atoms with Gasteiger partial charge in [0.2, 0.25) is 0 Å². The SMILES string of the molecule is CCOC(=O)Cc1cnc(C(=O)O)c(N)c1. The molecular weight excluding hydrogens is 212 g/mol. The number of pyridine rings is 1. The molecule has 1 rings (SSSR count). The summed E-state index contributed by atoms with van der Waals surface area (Å²) in [6.45, 7) is 2.01. The summed E-state index contributed by atoms with van der Waals surface area (Å²) < 4.78 is 4.74. The molecular formula is C10H12N2O4. The first-order valence-corrected chi connectivity index (χ1v) is 4.68. The molecule has 0 aliphatic heterocycles. The van der Waals surface area contributed by atoms with Gasteiger partial charge < -0.3 is 15.6 Å². The van der Waals surface area contributed by atoms with Gasteiger partial charge in [-0.25, -0.2) is 9.78 Å². The largest absolute Gasteiger partial charge is 0.476 e. The number of nitrogen functional groups attached to an aromatic ring is 1. The van der Waals surface area contributed by atoms with Crippen molar-refractivity contribution in [2.75, 3.05) is 12.3 Å². The number of carboxylic acid groups (broad SMARTS) is 1. The molecule has 1 aromatic heterocycles. The van der Waals surface area contributed by atoms with Crippen LogP contribution in [0.25, 0.3) is 0 Å². The number of carbonyl (C=O) groups excluding carboxylic acids is 1. The average molecular weight is 224 g/mol. The summed E-state index contributed by atoms with van der Waals surface area (Å²) in [5.41, 5.74) is 5.83. The molecule has 0 radical (unpaired) electrons. The summed E-state index contributed by atoms with van der Waals surface area (Å²) >= 11 is 0. The lowest BCUT2D eigenvalue weighted by Crippen LogP contribution is -2.10. The van der Waals surface area contributed by atoms with Crippen molar-refractivity contribution in [1.82, 2.24) is 4.98 Å². The smallest absolute Gasteiger partial charge is 0.356 e. The Morgan fingerprint density at radius 3 is 2.75 bits per heavy atom. The third-order valence-electron chi connectivity index (χ3n) is 1.83. The predicted octanol–water partition coefficient (Wildman–Crippen LogP) is 0.468. The van der Waals surface area contributed by atoms with E-state index in [1.165, 1.54) is 12.3 Å². The third kappa shape index (κ3) is 2.94. The van der Waals surface area contributed by atoms with Gasteiger partial charge in [-0.3, -0.25) is 4.79 Å². The number of rotatable bonds is 4. The third-order valence-corrected chi connectivity index (χ3v) is 1.83. The highest BCUT2D eigenvalue weighted by Crippen LogP contribution is 2.11. The van der Waals surface area contributed by atoms with Gasteiger partial charge in [-0.2, -0.15) is 0 Å². The Hall–Kier alpha value is -2.11. The van der Waals surface area contributed by atoms with E-state index < -0.39 is 11.9 Å². The molecule has 0 aliphatic carbocycles. The van der Waals surface area contributed by atoms with Crippen molar-refractivity contribution in [2.24, 2.45) is 0 Å². The van der Waals surface area contributed by atoms with E-state index in [0.29, 0.717) is 12.2 Å². The van der Waals surface area contributed by atoms with Crippen molar-refractivity contribution in [3.05, 3.63) is 23.5 Å². The minimum atomic E-state index is -1.19. The number of esters is 1. The van der Waals surface area contributed by atoms with E-state index in [1.807, 2.05) is 0 Å². The van der Waals surface area contributed by atoms with Gasteiger partial charge in [0.05, 0.1) is 18.7 Å². The van der Waals surface area contributed by atoms with E-state index in [-0.39, 0.29) is 17.8 Å². The first kappa shape index (κ1) is 12.0. The van der Waals surface area contributed by atoms with Crippen LogP contribution < -0.4 is 5.73 Å². The lowest BCUT2D eigenvalue weighted by Gasteiger charge is -2.04. The molecule has 0 amide bonds. The van der Waals surface area contributed by atoms with Crippen LogP contribution in [0.4, 0.5) is 5.69 Å². The topological polar surface area (TPSA) is 103 Å². The number of nitrogens with zero attached hydrogens (tertiary/aromatic N) is 1. The van der Waals surface area contributed by atoms with Gasteiger partial charge in [0.25, 0.3) is 0 Å². The van der Waals surface area contributed by atoms with E-state index in [2.05, 4.69) is 4.98 Å². The Bertz CT molecular complexity index is 417. The van der Waals surface area contributed by atoms with E-state index in [1.54, 1.807) is 6.92 Å². The zero-order valence-electron chi connectivity index (χ0n) is 8.77. The second-order valence-corrected chi connectivity index (χ2v) is 3.07. The maximum Gasteiger partial charge on any atom is 0.356 e. The minimum absolute atomic E-state index is 0.0327. The Morgan fingerprint density at radius 2 is 2.25 bits per heavy atom. The van der Waals surface area contributed by atoms with Gasteiger partial charge in [0, 0.05) is 6.20 Å². The summed E-state index contributed by atoms with van der Waals surface area (Å²) in [4.78, 5) is 25.4. The molecule has 0 aromatic carbocycles. The van der Waals surface area contributed by atoms with Crippen molar-refractivity contribution in [2.45, 2.75) is 13.3 Å². The van der Waals surface area contributed by atoms with Crippen molar-refractivity contribution in [3.63, 3.8) is 0 Å². The second-order valence-electron chi connectivity index (χ2n) is 3.07. The molecule has 0 saturated carbocycles. The number of nitrogens with two attached hydrogens (primary N) is 1. The minimum Gasteiger partial charge on any atom is -0.476 e. The average Bonchev–Trinajstić information content (AvgIpc) is 2.17. The first-order chi connectivity index (χ1) is 7.54. The standard InChI is InChI=1S/C10H12N2O4/c1-2-16-8(13)4-6-3-7(11)9(10(14)15)12-5-6/h3,5H,2,4,11H2,1H3,(H,14,15). The molecule has 0 fully saturated rings. The van der Waals surface area contributed by atoms with E-state index in [4.69, 9.17) is 15.6 Å². The predicted molar refractivity (Wildman–Crippen MR) is 55.9 cm³/mol. The molecule has 0 saturated heterocycles. The van der Waals surface area contributed by atoms with Gasteiger partial charge in [0.15, 0.2) is 5.69 Å². The summed E-state index contributed by atoms with van der Waals surface area (Å²) in [5, 5.41) is 8.69. The van der Waals surface area contributed by atoms with Gasteiger partial charge in [-0.1, -0.05) is 0 Å². The van der Waals surface area contributed by atoms with E-state index in [9.17, 15) is 9.59 Å². The molecule has 0 unspecified atom stereocenters. The number of ether oxygens (including phenoxy) is 1. The Morgan fingerprint density at radius 1 is 1.56 bits per heavy atom.